The zero-order valence-corrected chi connectivity index (χ0v) is 8.55. The van der Waals surface area contributed by atoms with Crippen molar-refractivity contribution >= 4 is 6.29 Å². The molecule has 0 unspecified atom stereocenters. The number of aryl methyl sites for hydroxylation is 1. The first-order valence-electron chi connectivity index (χ1n) is 4.81. The van der Waals surface area contributed by atoms with E-state index in [0.717, 1.165) is 18.4 Å². The molecule has 0 saturated heterocycles. The van der Waals surface area contributed by atoms with Crippen LogP contribution in [0, 0.1) is 0 Å². The number of hydrogen-bond acceptors (Lipinski definition) is 2. The van der Waals surface area contributed by atoms with E-state index in [2.05, 4.69) is 17.2 Å². The second kappa shape index (κ2) is 4.09. The minimum atomic E-state index is 0.612. The second-order valence-corrected chi connectivity index (χ2v) is 3.46. The first-order chi connectivity index (χ1) is 7.29. The van der Waals surface area contributed by atoms with Crippen LogP contribution in [0.25, 0.3) is 0 Å². The normalized spacial score (nSPS) is 10.2. The Bertz CT molecular complexity index is 460. The van der Waals surface area contributed by atoms with Gasteiger partial charge in [0.05, 0.1) is 5.69 Å². The van der Waals surface area contributed by atoms with Crippen molar-refractivity contribution < 1.29 is 4.79 Å². The highest BCUT2D eigenvalue weighted by atomic mass is 16.1. The molecule has 0 fully saturated rings. The Hall–Kier alpha value is -1.90. The van der Waals surface area contributed by atoms with Crippen LogP contribution in [0.2, 0.25) is 0 Å². The van der Waals surface area contributed by atoms with Crippen molar-refractivity contribution in [3.05, 3.63) is 53.3 Å². The van der Waals surface area contributed by atoms with Crippen LogP contribution in [0.3, 0.4) is 0 Å². The number of aromatic nitrogens is 2. The van der Waals surface area contributed by atoms with E-state index in [1.165, 1.54) is 5.56 Å². The first-order valence-corrected chi connectivity index (χ1v) is 4.81. The van der Waals surface area contributed by atoms with Crippen molar-refractivity contribution in [3.63, 3.8) is 0 Å². The third kappa shape index (κ3) is 2.13. The van der Waals surface area contributed by atoms with Gasteiger partial charge in [-0.2, -0.15) is 5.10 Å². The Morgan fingerprint density at radius 2 is 2.07 bits per heavy atom. The zero-order valence-electron chi connectivity index (χ0n) is 8.55. The highest BCUT2D eigenvalue weighted by Crippen LogP contribution is 2.08. The maximum absolute atomic E-state index is 10.6. The van der Waals surface area contributed by atoms with E-state index in [-0.39, 0.29) is 0 Å². The number of carbonyl (C=O) groups is 1. The van der Waals surface area contributed by atoms with Gasteiger partial charge in [0.2, 0.25) is 0 Å². The summed E-state index contributed by atoms with van der Waals surface area (Å²) >= 11 is 0. The molecule has 2 aromatic rings. The van der Waals surface area contributed by atoms with Gasteiger partial charge in [0.15, 0.2) is 6.29 Å². The number of hydrogen-bond donors (Lipinski definition) is 0. The van der Waals surface area contributed by atoms with Crippen LogP contribution in [-0.4, -0.2) is 16.1 Å². The van der Waals surface area contributed by atoms with Crippen molar-refractivity contribution in [2.24, 2.45) is 7.05 Å². The third-order valence-corrected chi connectivity index (χ3v) is 2.32. The molecule has 0 amide bonds. The topological polar surface area (TPSA) is 34.9 Å². The maximum Gasteiger partial charge on any atom is 0.168 e. The predicted octanol–water partition coefficient (Wildman–Crippen LogP) is 1.82. The molecular weight excluding hydrogens is 188 g/mol. The average molecular weight is 200 g/mol. The van der Waals surface area contributed by atoms with Gasteiger partial charge in [-0.25, -0.2) is 0 Å². The molecule has 0 spiro atoms. The van der Waals surface area contributed by atoms with Gasteiger partial charge < -0.3 is 0 Å². The Morgan fingerprint density at radius 1 is 1.33 bits per heavy atom. The van der Waals surface area contributed by atoms with Gasteiger partial charge in [-0.1, -0.05) is 30.3 Å². The van der Waals surface area contributed by atoms with Gasteiger partial charge in [-0.3, -0.25) is 9.48 Å². The molecule has 15 heavy (non-hydrogen) atoms. The minimum Gasteiger partial charge on any atom is -0.296 e. The van der Waals surface area contributed by atoms with Crippen LogP contribution in [0.4, 0.5) is 0 Å². The van der Waals surface area contributed by atoms with Crippen molar-refractivity contribution in [1.82, 2.24) is 9.78 Å². The van der Waals surface area contributed by atoms with Crippen LogP contribution in [-0.2, 0) is 13.5 Å². The summed E-state index contributed by atoms with van der Waals surface area (Å²) in [6.07, 6.45) is 1.59. The van der Waals surface area contributed by atoms with E-state index in [1.807, 2.05) is 24.3 Å². The van der Waals surface area contributed by atoms with E-state index in [0.29, 0.717) is 5.69 Å². The molecule has 1 heterocycles. The molecule has 0 bridgehead atoms. The molecule has 3 nitrogen and oxygen atoms in total. The Balaban J connectivity index is 2.21. The zero-order chi connectivity index (χ0) is 10.7. The Kier molecular flexibility index (Phi) is 2.63. The molecule has 2 rings (SSSR count). The predicted molar refractivity (Wildman–Crippen MR) is 57.8 cm³/mol. The summed E-state index contributed by atoms with van der Waals surface area (Å²) in [7, 11) is 1.78. The summed E-state index contributed by atoms with van der Waals surface area (Å²) in [5.74, 6) is 0. The van der Waals surface area contributed by atoms with E-state index in [4.69, 9.17) is 0 Å². The van der Waals surface area contributed by atoms with Crippen LogP contribution < -0.4 is 0 Å². The third-order valence-electron chi connectivity index (χ3n) is 2.32. The Labute approximate surface area is 88.4 Å². The average Bonchev–Trinajstić information content (AvgIpc) is 2.60. The van der Waals surface area contributed by atoms with Crippen LogP contribution >= 0.6 is 0 Å². The summed E-state index contributed by atoms with van der Waals surface area (Å²) in [5.41, 5.74) is 2.74. The number of aldehydes is 1. The summed E-state index contributed by atoms with van der Waals surface area (Å²) in [5, 5.41) is 4.26. The van der Waals surface area contributed by atoms with E-state index >= 15 is 0 Å². The molecule has 0 aliphatic heterocycles. The summed E-state index contributed by atoms with van der Waals surface area (Å²) in [4.78, 5) is 10.6. The minimum absolute atomic E-state index is 0.612. The van der Waals surface area contributed by atoms with Gasteiger partial charge in [0, 0.05) is 13.5 Å². The summed E-state index contributed by atoms with van der Waals surface area (Å²) in [6.45, 7) is 0. The molecule has 0 radical (unpaired) electrons. The van der Waals surface area contributed by atoms with Crippen LogP contribution in [0.15, 0.2) is 36.4 Å². The van der Waals surface area contributed by atoms with Gasteiger partial charge in [-0.05, 0) is 11.6 Å². The number of nitrogens with zero attached hydrogens (tertiary/aromatic N) is 2. The second-order valence-electron chi connectivity index (χ2n) is 3.46. The van der Waals surface area contributed by atoms with Crippen molar-refractivity contribution in [2.45, 2.75) is 6.42 Å². The largest absolute Gasteiger partial charge is 0.296 e. The fourth-order valence-corrected chi connectivity index (χ4v) is 1.55. The number of benzene rings is 1. The molecule has 0 saturated carbocycles. The molecule has 0 aliphatic carbocycles. The maximum atomic E-state index is 10.6. The molecule has 0 aliphatic rings. The standard InChI is InChI=1S/C12H12N2O/c1-14-12(9-15)8-11(13-14)7-10-5-3-2-4-6-10/h2-6,8-9H,7H2,1H3. The van der Waals surface area contributed by atoms with Gasteiger partial charge >= 0.3 is 0 Å². The lowest BCUT2D eigenvalue weighted by atomic mass is 10.1. The Morgan fingerprint density at radius 3 is 2.67 bits per heavy atom. The van der Waals surface area contributed by atoms with Gasteiger partial charge in [0.25, 0.3) is 0 Å². The van der Waals surface area contributed by atoms with Crippen LogP contribution in [0.1, 0.15) is 21.7 Å². The lowest BCUT2D eigenvalue weighted by molar-refractivity contribution is 0.111. The van der Waals surface area contributed by atoms with E-state index in [1.54, 1.807) is 11.7 Å². The van der Waals surface area contributed by atoms with Crippen molar-refractivity contribution in [1.29, 1.82) is 0 Å². The van der Waals surface area contributed by atoms with Crippen molar-refractivity contribution in [2.75, 3.05) is 0 Å². The molecule has 1 aromatic carbocycles. The smallest absolute Gasteiger partial charge is 0.168 e. The molecule has 3 heteroatoms. The van der Waals surface area contributed by atoms with E-state index < -0.39 is 0 Å². The summed E-state index contributed by atoms with van der Waals surface area (Å²) < 4.78 is 1.60. The SMILES string of the molecule is Cn1nc(Cc2ccccc2)cc1C=O. The summed E-state index contributed by atoms with van der Waals surface area (Å²) in [6, 6.07) is 11.9. The van der Waals surface area contributed by atoms with Gasteiger partial charge in [-0.15, -0.1) is 0 Å². The van der Waals surface area contributed by atoms with Gasteiger partial charge in [0.1, 0.15) is 5.69 Å². The first kappa shape index (κ1) is 9.65. The molecular formula is C12H12N2O. The number of carbonyl (C=O) groups excluding carboxylic acids is 1. The molecule has 76 valence electrons. The quantitative estimate of drug-likeness (QED) is 0.708. The number of rotatable bonds is 3. The highest BCUT2D eigenvalue weighted by Gasteiger charge is 2.04. The molecule has 1 aromatic heterocycles. The highest BCUT2D eigenvalue weighted by molar-refractivity contribution is 5.72. The molecule has 0 N–H and O–H groups in total. The fraction of sp³-hybridized carbons (Fsp3) is 0.167. The lowest BCUT2D eigenvalue weighted by Gasteiger charge is -1.96. The van der Waals surface area contributed by atoms with Crippen LogP contribution in [0.5, 0.6) is 0 Å². The lowest BCUT2D eigenvalue weighted by Crippen LogP contribution is -1.96. The molecule has 0 atom stereocenters. The monoisotopic (exact) mass is 200 g/mol. The van der Waals surface area contributed by atoms with E-state index in [9.17, 15) is 4.79 Å². The fourth-order valence-electron chi connectivity index (χ4n) is 1.55. The van der Waals surface area contributed by atoms with Crippen molar-refractivity contribution in [3.8, 4) is 0 Å².